The third-order valence-electron chi connectivity index (χ3n) is 2.44. The lowest BCUT2D eigenvalue weighted by Gasteiger charge is -2.04. The number of aromatic nitrogens is 2. The summed E-state index contributed by atoms with van der Waals surface area (Å²) in [5.74, 6) is 0.640. The van der Waals surface area contributed by atoms with Gasteiger partial charge in [0.05, 0.1) is 17.6 Å². The van der Waals surface area contributed by atoms with Crippen LogP contribution in [0.15, 0.2) is 23.4 Å². The summed E-state index contributed by atoms with van der Waals surface area (Å²) in [5, 5.41) is -0.455. The Morgan fingerprint density at radius 2 is 2.22 bits per heavy atom. The van der Waals surface area contributed by atoms with Gasteiger partial charge in [0.2, 0.25) is 0 Å². The van der Waals surface area contributed by atoms with Gasteiger partial charge in [0, 0.05) is 6.07 Å². The van der Waals surface area contributed by atoms with Gasteiger partial charge in [-0.15, -0.1) is 0 Å². The highest BCUT2D eigenvalue weighted by Gasteiger charge is 2.15. The number of unbranched alkanes of at least 4 members (excludes halogenated alkanes) is 1. The molecule has 1 heterocycles. The van der Waals surface area contributed by atoms with Gasteiger partial charge in [-0.25, -0.2) is 4.98 Å². The fourth-order valence-corrected chi connectivity index (χ4v) is 1.96. The Hall–Kier alpha value is -1.60. The van der Waals surface area contributed by atoms with E-state index in [-0.39, 0.29) is 0 Å². The van der Waals surface area contributed by atoms with Crippen LogP contribution in [0.1, 0.15) is 19.8 Å². The molecule has 0 saturated heterocycles. The zero-order valence-corrected chi connectivity index (χ0v) is 10.7. The Balaban J connectivity index is 2.28. The molecule has 1 aromatic carbocycles. The zero-order chi connectivity index (χ0) is 13.2. The van der Waals surface area contributed by atoms with Gasteiger partial charge in [-0.3, -0.25) is 4.55 Å². The number of nitrogens with zero attached hydrogens (tertiary/aromatic N) is 1. The molecule has 0 saturated carbocycles. The lowest BCUT2D eigenvalue weighted by molar-refractivity contribution is 0.310. The third kappa shape index (κ3) is 2.80. The van der Waals surface area contributed by atoms with Crippen molar-refractivity contribution in [2.75, 3.05) is 6.61 Å². The van der Waals surface area contributed by atoms with Gasteiger partial charge >= 0.3 is 10.1 Å². The maximum absolute atomic E-state index is 10.9. The highest BCUT2D eigenvalue weighted by molar-refractivity contribution is 7.85. The van der Waals surface area contributed by atoms with Crippen molar-refractivity contribution in [1.82, 2.24) is 9.97 Å². The maximum Gasteiger partial charge on any atom is 0.328 e. The van der Waals surface area contributed by atoms with Crippen LogP contribution in [0.2, 0.25) is 0 Å². The maximum atomic E-state index is 10.9. The minimum atomic E-state index is -4.31. The zero-order valence-electron chi connectivity index (χ0n) is 9.88. The Bertz CT molecular complexity index is 648. The molecule has 6 nitrogen and oxygen atoms in total. The summed E-state index contributed by atoms with van der Waals surface area (Å²) in [5.41, 5.74) is 0.974. The Labute approximate surface area is 105 Å². The van der Waals surface area contributed by atoms with E-state index in [9.17, 15) is 8.42 Å². The van der Waals surface area contributed by atoms with E-state index >= 15 is 0 Å². The second-order valence-corrected chi connectivity index (χ2v) is 5.23. The molecule has 1 aromatic heterocycles. The molecule has 0 bridgehead atoms. The number of H-pyrrole nitrogens is 1. The SMILES string of the molecule is CCCCOc1ccc2nc(S(=O)(=O)O)[nH]c2c1. The molecular formula is C11H14N2O4S. The summed E-state index contributed by atoms with van der Waals surface area (Å²) in [6, 6.07) is 5.01. The van der Waals surface area contributed by atoms with Gasteiger partial charge in [0.1, 0.15) is 5.75 Å². The summed E-state index contributed by atoms with van der Waals surface area (Å²) in [7, 11) is -4.31. The first-order valence-corrected chi connectivity index (χ1v) is 7.05. The quantitative estimate of drug-likeness (QED) is 0.640. The monoisotopic (exact) mass is 270 g/mol. The normalized spacial score (nSPS) is 11.9. The first-order valence-electron chi connectivity index (χ1n) is 5.61. The van der Waals surface area contributed by atoms with Crippen molar-refractivity contribution < 1.29 is 17.7 Å². The molecule has 0 radical (unpaired) electrons. The smallest absolute Gasteiger partial charge is 0.328 e. The van der Waals surface area contributed by atoms with E-state index in [4.69, 9.17) is 9.29 Å². The van der Waals surface area contributed by atoms with E-state index in [0.717, 1.165) is 12.8 Å². The Kier molecular flexibility index (Phi) is 3.53. The van der Waals surface area contributed by atoms with Crippen molar-refractivity contribution >= 4 is 21.2 Å². The van der Waals surface area contributed by atoms with Crippen LogP contribution in [0.25, 0.3) is 11.0 Å². The molecular weight excluding hydrogens is 256 g/mol. The molecule has 0 spiro atoms. The molecule has 98 valence electrons. The van der Waals surface area contributed by atoms with Crippen LogP contribution in [0.4, 0.5) is 0 Å². The van der Waals surface area contributed by atoms with Gasteiger partial charge in [0.15, 0.2) is 0 Å². The van der Waals surface area contributed by atoms with E-state index in [1.807, 2.05) is 0 Å². The number of fused-ring (bicyclic) bond motifs is 1. The number of hydrogen-bond donors (Lipinski definition) is 2. The average Bonchev–Trinajstić information content (AvgIpc) is 2.72. The van der Waals surface area contributed by atoms with E-state index in [1.54, 1.807) is 18.2 Å². The largest absolute Gasteiger partial charge is 0.494 e. The number of ether oxygens (including phenoxy) is 1. The lowest BCUT2D eigenvalue weighted by atomic mass is 10.3. The standard InChI is InChI=1S/C11H14N2O4S/c1-2-3-6-17-8-4-5-9-10(7-8)13-11(12-9)18(14,15)16/h4-5,7H,2-3,6H2,1H3,(H,12,13)(H,14,15,16). The van der Waals surface area contributed by atoms with E-state index < -0.39 is 15.3 Å². The first-order chi connectivity index (χ1) is 8.50. The predicted molar refractivity (Wildman–Crippen MR) is 66.3 cm³/mol. The molecule has 0 aliphatic carbocycles. The molecule has 0 aliphatic rings. The van der Waals surface area contributed by atoms with Crippen molar-refractivity contribution in [2.45, 2.75) is 24.9 Å². The molecule has 2 aromatic rings. The molecule has 0 atom stereocenters. The Morgan fingerprint density at radius 3 is 2.89 bits per heavy atom. The molecule has 0 fully saturated rings. The van der Waals surface area contributed by atoms with Gasteiger partial charge in [0.25, 0.3) is 5.16 Å². The van der Waals surface area contributed by atoms with Crippen LogP contribution in [0.5, 0.6) is 5.75 Å². The highest BCUT2D eigenvalue weighted by atomic mass is 32.2. The summed E-state index contributed by atoms with van der Waals surface area (Å²) in [6.07, 6.45) is 2.00. The molecule has 7 heteroatoms. The lowest BCUT2D eigenvalue weighted by Crippen LogP contribution is -1.99. The van der Waals surface area contributed by atoms with Gasteiger partial charge < -0.3 is 9.72 Å². The fourth-order valence-electron chi connectivity index (χ4n) is 1.51. The topological polar surface area (TPSA) is 92.3 Å². The van der Waals surface area contributed by atoms with Crippen molar-refractivity contribution in [3.8, 4) is 5.75 Å². The highest BCUT2D eigenvalue weighted by Crippen LogP contribution is 2.20. The molecule has 2 rings (SSSR count). The summed E-state index contributed by atoms with van der Waals surface area (Å²) in [6.45, 7) is 2.68. The third-order valence-corrected chi connectivity index (χ3v) is 3.12. The van der Waals surface area contributed by atoms with Crippen LogP contribution in [-0.2, 0) is 10.1 Å². The Morgan fingerprint density at radius 1 is 1.44 bits per heavy atom. The van der Waals surface area contributed by atoms with Gasteiger partial charge in [-0.1, -0.05) is 13.3 Å². The van der Waals surface area contributed by atoms with Crippen molar-refractivity contribution in [2.24, 2.45) is 0 Å². The second kappa shape index (κ2) is 4.95. The molecule has 0 amide bonds. The molecule has 2 N–H and O–H groups in total. The predicted octanol–water partition coefficient (Wildman–Crippen LogP) is 1.99. The van der Waals surface area contributed by atoms with Crippen LogP contribution < -0.4 is 4.74 Å². The van der Waals surface area contributed by atoms with Crippen LogP contribution in [0, 0.1) is 0 Å². The second-order valence-electron chi connectivity index (χ2n) is 3.90. The van der Waals surface area contributed by atoms with Crippen LogP contribution in [0.3, 0.4) is 0 Å². The fraction of sp³-hybridized carbons (Fsp3) is 0.364. The average molecular weight is 270 g/mol. The molecule has 18 heavy (non-hydrogen) atoms. The van der Waals surface area contributed by atoms with Gasteiger partial charge in [-0.05, 0) is 18.6 Å². The van der Waals surface area contributed by atoms with E-state index in [0.29, 0.717) is 23.4 Å². The number of aromatic amines is 1. The van der Waals surface area contributed by atoms with Crippen molar-refractivity contribution in [3.63, 3.8) is 0 Å². The van der Waals surface area contributed by atoms with Crippen molar-refractivity contribution in [3.05, 3.63) is 18.2 Å². The van der Waals surface area contributed by atoms with Gasteiger partial charge in [-0.2, -0.15) is 8.42 Å². The van der Waals surface area contributed by atoms with E-state index in [2.05, 4.69) is 16.9 Å². The summed E-state index contributed by atoms with van der Waals surface area (Å²) >= 11 is 0. The minimum Gasteiger partial charge on any atom is -0.494 e. The first kappa shape index (κ1) is 12.8. The summed E-state index contributed by atoms with van der Waals surface area (Å²) in [4.78, 5) is 6.31. The van der Waals surface area contributed by atoms with Crippen molar-refractivity contribution in [1.29, 1.82) is 0 Å². The van der Waals surface area contributed by atoms with Crippen LogP contribution in [-0.4, -0.2) is 29.5 Å². The number of imidazole rings is 1. The molecule has 0 aliphatic heterocycles. The number of nitrogens with one attached hydrogen (secondary N) is 1. The number of rotatable bonds is 5. The van der Waals surface area contributed by atoms with Crippen LogP contribution >= 0.6 is 0 Å². The molecule has 0 unspecified atom stereocenters. The van der Waals surface area contributed by atoms with E-state index in [1.165, 1.54) is 0 Å². The number of hydrogen-bond acceptors (Lipinski definition) is 4. The minimum absolute atomic E-state index is 0.455. The summed E-state index contributed by atoms with van der Waals surface area (Å²) < 4.78 is 36.2. The number of benzene rings is 1.